The first kappa shape index (κ1) is 15.4. The number of H-pyrrole nitrogens is 1. The van der Waals surface area contributed by atoms with Crippen LogP contribution >= 0.6 is 0 Å². The third-order valence-electron chi connectivity index (χ3n) is 5.85. The number of esters is 1. The minimum Gasteiger partial charge on any atom is -0.457 e. The van der Waals surface area contributed by atoms with Crippen LogP contribution in [-0.4, -0.2) is 23.3 Å². The first-order valence-electron chi connectivity index (χ1n) is 8.88. The van der Waals surface area contributed by atoms with Crippen molar-refractivity contribution >= 4 is 22.7 Å². The number of aromatic nitrogens is 1. The van der Waals surface area contributed by atoms with Crippen molar-refractivity contribution in [1.29, 1.82) is 0 Å². The third-order valence-corrected chi connectivity index (χ3v) is 5.85. The van der Waals surface area contributed by atoms with E-state index in [4.69, 9.17) is 4.74 Å². The van der Waals surface area contributed by atoms with Crippen molar-refractivity contribution in [2.75, 3.05) is 6.61 Å². The largest absolute Gasteiger partial charge is 0.457 e. The lowest BCUT2D eigenvalue weighted by Crippen LogP contribution is -2.20. The molecule has 3 atom stereocenters. The topological polar surface area (TPSA) is 59.2 Å². The summed E-state index contributed by atoms with van der Waals surface area (Å²) in [5.41, 5.74) is 2.40. The van der Waals surface area contributed by atoms with Crippen molar-refractivity contribution in [3.63, 3.8) is 0 Å². The molecule has 2 bridgehead atoms. The van der Waals surface area contributed by atoms with Gasteiger partial charge in [0.15, 0.2) is 6.61 Å². The van der Waals surface area contributed by atoms with Gasteiger partial charge in [0.1, 0.15) is 0 Å². The van der Waals surface area contributed by atoms with E-state index in [0.717, 1.165) is 28.9 Å². The van der Waals surface area contributed by atoms with Crippen molar-refractivity contribution < 1.29 is 14.3 Å². The quantitative estimate of drug-likeness (QED) is 0.667. The standard InChI is InChI=1S/C20H23NO3/c1-12-20(16-4-2-3-5-17(16)21-12)18(22)11-24-19(23)10-15-9-13-6-7-14(15)8-13/h2-5,13-15,21H,6-11H2,1H3/t13-,14-,15-/m1/s1. The van der Waals surface area contributed by atoms with Crippen molar-refractivity contribution in [2.24, 2.45) is 17.8 Å². The summed E-state index contributed by atoms with van der Waals surface area (Å²) in [5, 5.41) is 0.893. The van der Waals surface area contributed by atoms with E-state index in [9.17, 15) is 9.59 Å². The Bertz CT molecular complexity index is 791. The first-order chi connectivity index (χ1) is 11.6. The molecule has 4 heteroatoms. The van der Waals surface area contributed by atoms with Crippen LogP contribution in [0.1, 0.15) is 48.2 Å². The number of aromatic amines is 1. The zero-order chi connectivity index (χ0) is 16.7. The van der Waals surface area contributed by atoms with Gasteiger partial charge in [0.25, 0.3) is 0 Å². The molecule has 126 valence electrons. The summed E-state index contributed by atoms with van der Waals surface area (Å²) in [7, 11) is 0. The predicted octanol–water partition coefficient (Wildman–Crippen LogP) is 4.03. The van der Waals surface area contributed by atoms with Crippen LogP contribution in [-0.2, 0) is 9.53 Å². The molecule has 4 rings (SSSR count). The number of nitrogens with one attached hydrogen (secondary N) is 1. The molecule has 0 amide bonds. The lowest BCUT2D eigenvalue weighted by Gasteiger charge is -2.20. The Labute approximate surface area is 141 Å². The molecule has 2 fully saturated rings. The molecule has 1 aromatic heterocycles. The van der Waals surface area contributed by atoms with Gasteiger partial charge in [0, 0.05) is 28.6 Å². The van der Waals surface area contributed by atoms with E-state index in [-0.39, 0.29) is 18.4 Å². The van der Waals surface area contributed by atoms with E-state index in [1.807, 2.05) is 31.2 Å². The highest BCUT2D eigenvalue weighted by molar-refractivity contribution is 6.10. The fourth-order valence-corrected chi connectivity index (χ4v) is 4.75. The Balaban J connectivity index is 1.37. The molecule has 0 aliphatic heterocycles. The highest BCUT2D eigenvalue weighted by Gasteiger charge is 2.40. The van der Waals surface area contributed by atoms with E-state index >= 15 is 0 Å². The molecular weight excluding hydrogens is 302 g/mol. The van der Waals surface area contributed by atoms with Gasteiger partial charge in [-0.3, -0.25) is 9.59 Å². The number of para-hydroxylation sites is 1. The molecule has 4 nitrogen and oxygen atoms in total. The van der Waals surface area contributed by atoms with E-state index in [1.54, 1.807) is 0 Å². The SMILES string of the molecule is Cc1[nH]c2ccccc2c1C(=O)COC(=O)C[C@H]1C[C@@H]2CC[C@@H]1C2. The van der Waals surface area contributed by atoms with Gasteiger partial charge in [-0.15, -0.1) is 0 Å². The van der Waals surface area contributed by atoms with Gasteiger partial charge in [0.2, 0.25) is 5.78 Å². The van der Waals surface area contributed by atoms with Crippen molar-refractivity contribution in [2.45, 2.75) is 39.0 Å². The third kappa shape index (κ3) is 2.74. The Morgan fingerprint density at radius 1 is 1.21 bits per heavy atom. The molecule has 24 heavy (non-hydrogen) atoms. The van der Waals surface area contributed by atoms with Gasteiger partial charge >= 0.3 is 5.97 Å². The number of aryl methyl sites for hydroxylation is 1. The number of carbonyl (C=O) groups excluding carboxylic acids is 2. The van der Waals surface area contributed by atoms with Crippen LogP contribution in [0, 0.1) is 24.7 Å². The zero-order valence-corrected chi connectivity index (χ0v) is 14.0. The summed E-state index contributed by atoms with van der Waals surface area (Å²) < 4.78 is 5.30. The average molecular weight is 325 g/mol. The number of carbonyl (C=O) groups is 2. The van der Waals surface area contributed by atoms with Crippen LogP contribution in [0.25, 0.3) is 10.9 Å². The predicted molar refractivity (Wildman–Crippen MR) is 91.9 cm³/mol. The molecule has 1 heterocycles. The molecule has 2 aliphatic rings. The van der Waals surface area contributed by atoms with E-state index in [1.165, 1.54) is 19.3 Å². The van der Waals surface area contributed by atoms with Gasteiger partial charge in [0.05, 0.1) is 0 Å². The summed E-state index contributed by atoms with van der Waals surface area (Å²) >= 11 is 0. The summed E-state index contributed by atoms with van der Waals surface area (Å²) in [6.07, 6.45) is 5.51. The van der Waals surface area contributed by atoms with Gasteiger partial charge in [-0.25, -0.2) is 0 Å². The highest BCUT2D eigenvalue weighted by Crippen LogP contribution is 2.49. The second-order valence-corrected chi connectivity index (χ2v) is 7.39. The number of hydrogen-bond donors (Lipinski definition) is 1. The van der Waals surface area contributed by atoms with Gasteiger partial charge in [-0.1, -0.05) is 24.6 Å². The molecule has 1 aromatic carbocycles. The number of fused-ring (bicyclic) bond motifs is 3. The van der Waals surface area contributed by atoms with Gasteiger partial charge < -0.3 is 9.72 Å². The fourth-order valence-electron chi connectivity index (χ4n) is 4.75. The molecule has 0 saturated heterocycles. The highest BCUT2D eigenvalue weighted by atomic mass is 16.5. The van der Waals surface area contributed by atoms with Crippen LogP contribution in [0.3, 0.4) is 0 Å². The summed E-state index contributed by atoms with van der Waals surface area (Å²) in [5.74, 6) is 1.64. The molecule has 2 aliphatic carbocycles. The summed E-state index contributed by atoms with van der Waals surface area (Å²) in [4.78, 5) is 27.8. The normalized spacial score (nSPS) is 25.3. The van der Waals surface area contributed by atoms with Crippen molar-refractivity contribution in [3.8, 4) is 0 Å². The maximum Gasteiger partial charge on any atom is 0.306 e. The Morgan fingerprint density at radius 2 is 2.04 bits per heavy atom. The van der Waals surface area contributed by atoms with Crippen LogP contribution in [0.5, 0.6) is 0 Å². The minimum absolute atomic E-state index is 0.133. The number of rotatable bonds is 5. The fraction of sp³-hybridized carbons (Fsp3) is 0.500. The van der Waals surface area contributed by atoms with Crippen LogP contribution in [0.15, 0.2) is 24.3 Å². The second-order valence-electron chi connectivity index (χ2n) is 7.39. The maximum atomic E-state index is 12.5. The summed E-state index contributed by atoms with van der Waals surface area (Å²) in [6.45, 7) is 1.71. The smallest absolute Gasteiger partial charge is 0.306 e. The van der Waals surface area contributed by atoms with E-state index in [2.05, 4.69) is 4.98 Å². The maximum absolute atomic E-state index is 12.5. The number of ether oxygens (including phenoxy) is 1. The Morgan fingerprint density at radius 3 is 2.79 bits per heavy atom. The van der Waals surface area contributed by atoms with Crippen LogP contribution in [0.2, 0.25) is 0 Å². The van der Waals surface area contributed by atoms with Crippen LogP contribution in [0.4, 0.5) is 0 Å². The minimum atomic E-state index is -0.224. The number of ketones is 1. The van der Waals surface area contributed by atoms with Crippen molar-refractivity contribution in [3.05, 3.63) is 35.5 Å². The Hall–Kier alpha value is -2.10. The molecule has 2 aromatic rings. The molecule has 0 unspecified atom stereocenters. The van der Waals surface area contributed by atoms with Gasteiger partial charge in [-0.05, 0) is 50.0 Å². The molecule has 0 spiro atoms. The van der Waals surface area contributed by atoms with Crippen molar-refractivity contribution in [1.82, 2.24) is 4.98 Å². The number of benzene rings is 1. The monoisotopic (exact) mass is 325 g/mol. The van der Waals surface area contributed by atoms with Gasteiger partial charge in [-0.2, -0.15) is 0 Å². The molecule has 1 N–H and O–H groups in total. The lowest BCUT2D eigenvalue weighted by atomic mass is 9.86. The second kappa shape index (κ2) is 6.08. The number of hydrogen-bond acceptors (Lipinski definition) is 3. The number of Topliss-reactive ketones (excluding diaryl/α,β-unsaturated/α-hetero) is 1. The van der Waals surface area contributed by atoms with Crippen LogP contribution < -0.4 is 0 Å². The van der Waals surface area contributed by atoms with E-state index < -0.39 is 0 Å². The molecule has 2 saturated carbocycles. The zero-order valence-electron chi connectivity index (χ0n) is 14.0. The van der Waals surface area contributed by atoms with E-state index in [0.29, 0.717) is 23.8 Å². The first-order valence-corrected chi connectivity index (χ1v) is 8.88. The Kier molecular flexibility index (Phi) is 3.91. The molecule has 0 radical (unpaired) electrons. The molecular formula is C20H23NO3. The summed E-state index contributed by atoms with van der Waals surface area (Å²) in [6, 6.07) is 7.71. The average Bonchev–Trinajstić information content (AvgIpc) is 3.25. The lowest BCUT2D eigenvalue weighted by molar-refractivity contribution is -0.144.